The molecule has 0 aliphatic rings. The van der Waals surface area contributed by atoms with Crippen LogP contribution in [-0.4, -0.2) is 25.1 Å². The lowest BCUT2D eigenvalue weighted by atomic mass is 10.3. The Balaban J connectivity index is 2.75. The van der Waals surface area contributed by atoms with Gasteiger partial charge in [-0.05, 0) is 12.1 Å². The van der Waals surface area contributed by atoms with Gasteiger partial charge in [-0.15, -0.1) is 0 Å². The Bertz CT molecular complexity index is 298. The maximum atomic E-state index is 8.55. The molecule has 0 aliphatic carbocycles. The van der Waals surface area contributed by atoms with E-state index in [1.54, 1.807) is 12.3 Å². The molecule has 4 nitrogen and oxygen atoms in total. The van der Waals surface area contributed by atoms with Gasteiger partial charge in [-0.2, -0.15) is 5.26 Å². The summed E-state index contributed by atoms with van der Waals surface area (Å²) in [6.07, 6.45) is 1.56. The fraction of sp³-hybridized carbons (Fsp3) is 0.333. The lowest BCUT2D eigenvalue weighted by Gasteiger charge is -2.16. The predicted octanol–water partition coefficient (Wildman–Crippen LogP) is 0.348. The van der Waals surface area contributed by atoms with Crippen LogP contribution in [0, 0.1) is 11.3 Å². The van der Waals surface area contributed by atoms with E-state index in [0.717, 1.165) is 12.4 Å². The molecule has 1 aromatic rings. The molecule has 0 saturated carbocycles. The first kappa shape index (κ1) is 9.49. The van der Waals surface area contributed by atoms with E-state index in [0.29, 0.717) is 12.1 Å². The van der Waals surface area contributed by atoms with Crippen molar-refractivity contribution in [2.24, 2.45) is 5.73 Å². The van der Waals surface area contributed by atoms with Crippen LogP contribution in [0.2, 0.25) is 0 Å². The highest BCUT2D eigenvalue weighted by Crippen LogP contribution is 2.07. The van der Waals surface area contributed by atoms with Crippen molar-refractivity contribution in [3.05, 3.63) is 23.9 Å². The number of nitrogens with zero attached hydrogens (tertiary/aromatic N) is 3. The third kappa shape index (κ3) is 2.42. The molecule has 0 unspecified atom stereocenters. The number of rotatable bonds is 3. The average Bonchev–Trinajstić information content (AvgIpc) is 2.18. The molecular formula is C9H12N4. The fourth-order valence-corrected chi connectivity index (χ4v) is 0.986. The topological polar surface area (TPSA) is 65.9 Å². The first-order valence-corrected chi connectivity index (χ1v) is 4.05. The number of anilines is 1. The molecule has 13 heavy (non-hydrogen) atoms. The SMILES string of the molecule is CN(CCN)c1ccc(C#N)cn1. The van der Waals surface area contributed by atoms with E-state index < -0.39 is 0 Å². The van der Waals surface area contributed by atoms with Gasteiger partial charge in [0, 0.05) is 26.3 Å². The Kier molecular flexibility index (Phi) is 3.23. The Labute approximate surface area is 77.6 Å². The molecule has 0 bridgehead atoms. The molecule has 1 heterocycles. The zero-order valence-electron chi connectivity index (χ0n) is 7.57. The molecule has 2 N–H and O–H groups in total. The number of nitriles is 1. The average molecular weight is 176 g/mol. The Morgan fingerprint density at radius 2 is 2.38 bits per heavy atom. The van der Waals surface area contributed by atoms with Crippen molar-refractivity contribution in [2.75, 3.05) is 25.0 Å². The maximum absolute atomic E-state index is 8.55. The van der Waals surface area contributed by atoms with E-state index in [-0.39, 0.29) is 0 Å². The van der Waals surface area contributed by atoms with Crippen LogP contribution in [0.25, 0.3) is 0 Å². The molecule has 0 spiro atoms. The van der Waals surface area contributed by atoms with Crippen molar-refractivity contribution in [1.29, 1.82) is 5.26 Å². The first-order chi connectivity index (χ1) is 6.27. The van der Waals surface area contributed by atoms with Gasteiger partial charge in [-0.25, -0.2) is 4.98 Å². The van der Waals surface area contributed by atoms with Crippen LogP contribution < -0.4 is 10.6 Å². The third-order valence-corrected chi connectivity index (χ3v) is 1.73. The van der Waals surface area contributed by atoms with Gasteiger partial charge in [0.1, 0.15) is 11.9 Å². The minimum Gasteiger partial charge on any atom is -0.358 e. The van der Waals surface area contributed by atoms with E-state index >= 15 is 0 Å². The van der Waals surface area contributed by atoms with E-state index in [1.807, 2.05) is 24.1 Å². The monoisotopic (exact) mass is 176 g/mol. The number of aromatic nitrogens is 1. The molecule has 0 saturated heterocycles. The second kappa shape index (κ2) is 4.43. The van der Waals surface area contributed by atoms with Gasteiger partial charge in [0.15, 0.2) is 0 Å². The minimum atomic E-state index is 0.574. The summed E-state index contributed by atoms with van der Waals surface area (Å²) in [6.45, 7) is 1.36. The van der Waals surface area contributed by atoms with Crippen LogP contribution in [0.15, 0.2) is 18.3 Å². The highest BCUT2D eigenvalue weighted by molar-refractivity contribution is 5.40. The van der Waals surface area contributed by atoms with Gasteiger partial charge >= 0.3 is 0 Å². The number of likely N-dealkylation sites (N-methyl/N-ethyl adjacent to an activating group) is 1. The van der Waals surface area contributed by atoms with Gasteiger partial charge in [-0.1, -0.05) is 0 Å². The molecule has 4 heteroatoms. The van der Waals surface area contributed by atoms with Gasteiger partial charge < -0.3 is 10.6 Å². The fourth-order valence-electron chi connectivity index (χ4n) is 0.986. The molecule has 68 valence electrons. The largest absolute Gasteiger partial charge is 0.358 e. The Hall–Kier alpha value is -1.60. The van der Waals surface area contributed by atoms with E-state index in [4.69, 9.17) is 11.0 Å². The van der Waals surface area contributed by atoms with E-state index in [9.17, 15) is 0 Å². The maximum Gasteiger partial charge on any atom is 0.128 e. The van der Waals surface area contributed by atoms with Crippen molar-refractivity contribution >= 4 is 5.82 Å². The van der Waals surface area contributed by atoms with Crippen molar-refractivity contribution in [2.45, 2.75) is 0 Å². The van der Waals surface area contributed by atoms with Crippen LogP contribution >= 0.6 is 0 Å². The molecule has 0 fully saturated rings. The van der Waals surface area contributed by atoms with Crippen molar-refractivity contribution in [3.63, 3.8) is 0 Å². The molecule has 0 radical (unpaired) electrons. The van der Waals surface area contributed by atoms with Crippen molar-refractivity contribution < 1.29 is 0 Å². The number of hydrogen-bond acceptors (Lipinski definition) is 4. The van der Waals surface area contributed by atoms with Crippen LogP contribution in [0.5, 0.6) is 0 Å². The summed E-state index contributed by atoms with van der Waals surface area (Å²) >= 11 is 0. The van der Waals surface area contributed by atoms with Crippen LogP contribution in [0.3, 0.4) is 0 Å². The summed E-state index contributed by atoms with van der Waals surface area (Å²) in [7, 11) is 1.92. The Morgan fingerprint density at radius 1 is 1.62 bits per heavy atom. The molecule has 0 aliphatic heterocycles. The molecule has 0 atom stereocenters. The van der Waals surface area contributed by atoms with Gasteiger partial charge in [0.05, 0.1) is 5.56 Å². The summed E-state index contributed by atoms with van der Waals surface area (Å²) in [5.74, 6) is 0.837. The quantitative estimate of drug-likeness (QED) is 0.721. The van der Waals surface area contributed by atoms with E-state index in [2.05, 4.69) is 4.98 Å². The molecule has 0 aromatic carbocycles. The van der Waals surface area contributed by atoms with Gasteiger partial charge in [0.2, 0.25) is 0 Å². The molecule has 1 aromatic heterocycles. The molecule has 0 amide bonds. The standard InChI is InChI=1S/C9H12N4/c1-13(5-4-10)9-3-2-8(6-11)7-12-9/h2-3,7H,4-5,10H2,1H3. The highest BCUT2D eigenvalue weighted by atomic mass is 15.2. The van der Waals surface area contributed by atoms with Gasteiger partial charge in [0.25, 0.3) is 0 Å². The second-order valence-corrected chi connectivity index (χ2v) is 2.73. The second-order valence-electron chi connectivity index (χ2n) is 2.73. The molecule has 1 rings (SSSR count). The van der Waals surface area contributed by atoms with Crippen LogP contribution in [0.4, 0.5) is 5.82 Å². The summed E-state index contributed by atoms with van der Waals surface area (Å²) in [5, 5.41) is 8.55. The van der Waals surface area contributed by atoms with E-state index in [1.165, 1.54) is 0 Å². The zero-order valence-corrected chi connectivity index (χ0v) is 7.57. The number of pyridine rings is 1. The summed E-state index contributed by atoms with van der Waals surface area (Å²) in [4.78, 5) is 6.06. The summed E-state index contributed by atoms with van der Waals surface area (Å²) in [6, 6.07) is 5.58. The first-order valence-electron chi connectivity index (χ1n) is 4.05. The minimum absolute atomic E-state index is 0.574. The lowest BCUT2D eigenvalue weighted by molar-refractivity contribution is 0.868. The number of hydrogen-bond donors (Lipinski definition) is 1. The smallest absolute Gasteiger partial charge is 0.128 e. The summed E-state index contributed by atoms with van der Waals surface area (Å²) in [5.41, 5.74) is 5.98. The Morgan fingerprint density at radius 3 is 2.85 bits per heavy atom. The normalized spacial score (nSPS) is 9.31. The number of nitrogens with two attached hydrogens (primary N) is 1. The van der Waals surface area contributed by atoms with Crippen LogP contribution in [-0.2, 0) is 0 Å². The lowest BCUT2D eigenvalue weighted by Crippen LogP contribution is -2.25. The van der Waals surface area contributed by atoms with Crippen LogP contribution in [0.1, 0.15) is 5.56 Å². The van der Waals surface area contributed by atoms with Gasteiger partial charge in [-0.3, -0.25) is 0 Å². The predicted molar refractivity (Wildman–Crippen MR) is 51.3 cm³/mol. The zero-order chi connectivity index (χ0) is 9.68. The third-order valence-electron chi connectivity index (χ3n) is 1.73. The molecular weight excluding hydrogens is 164 g/mol. The highest BCUT2D eigenvalue weighted by Gasteiger charge is 1.99. The van der Waals surface area contributed by atoms with Crippen molar-refractivity contribution in [1.82, 2.24) is 4.98 Å². The summed E-state index contributed by atoms with van der Waals surface area (Å²) < 4.78 is 0. The van der Waals surface area contributed by atoms with Crippen molar-refractivity contribution in [3.8, 4) is 6.07 Å².